The van der Waals surface area contributed by atoms with Crippen LogP contribution in [-0.4, -0.2) is 32.3 Å². The highest BCUT2D eigenvalue weighted by atomic mass is 16.2. The van der Waals surface area contributed by atoms with Crippen LogP contribution >= 0.6 is 0 Å². The quantitative estimate of drug-likeness (QED) is 0.343. The van der Waals surface area contributed by atoms with Gasteiger partial charge in [0.2, 0.25) is 0 Å². The third-order valence-electron chi connectivity index (χ3n) is 6.41. The lowest BCUT2D eigenvalue weighted by molar-refractivity contribution is -0.113. The maximum absolute atomic E-state index is 13.5. The molecule has 0 spiro atoms. The smallest absolute Gasteiger partial charge is 0.267 e. The van der Waals surface area contributed by atoms with E-state index in [9.17, 15) is 14.4 Å². The van der Waals surface area contributed by atoms with E-state index in [1.807, 2.05) is 36.4 Å². The molecule has 40 heavy (non-hydrogen) atoms. The molecule has 0 bridgehead atoms. The number of pyridine rings is 1. The predicted molar refractivity (Wildman–Crippen MR) is 154 cm³/mol. The molecule has 2 aromatic heterocycles. The molecular formula is C31H22N6O3. The number of amidine groups is 1. The van der Waals surface area contributed by atoms with Crippen LogP contribution in [0, 0.1) is 6.92 Å². The van der Waals surface area contributed by atoms with Crippen molar-refractivity contribution in [3.63, 3.8) is 0 Å². The first-order valence-electron chi connectivity index (χ1n) is 12.5. The van der Waals surface area contributed by atoms with Gasteiger partial charge in [0.25, 0.3) is 17.4 Å². The van der Waals surface area contributed by atoms with Gasteiger partial charge in [-0.25, -0.2) is 14.7 Å². The predicted octanol–water partition coefficient (Wildman–Crippen LogP) is 4.32. The molecule has 9 nitrogen and oxygen atoms in total. The largest absolute Gasteiger partial charge is 0.282 e. The van der Waals surface area contributed by atoms with Crippen molar-refractivity contribution in [3.05, 3.63) is 142 Å². The fourth-order valence-corrected chi connectivity index (χ4v) is 4.44. The average molecular weight is 527 g/mol. The molecule has 0 radical (unpaired) electrons. The molecular weight excluding hydrogens is 504 g/mol. The highest BCUT2D eigenvalue weighted by Crippen LogP contribution is 2.28. The Bertz CT molecular complexity index is 1880. The molecule has 2 amide bonds. The van der Waals surface area contributed by atoms with Gasteiger partial charge in [0, 0.05) is 17.3 Å². The highest BCUT2D eigenvalue weighted by molar-refractivity contribution is 6.33. The number of amides is 2. The topological polar surface area (TPSA) is 110 Å². The van der Waals surface area contributed by atoms with Gasteiger partial charge in [-0.3, -0.25) is 29.7 Å². The third kappa shape index (κ3) is 4.56. The Kier molecular flexibility index (Phi) is 6.29. The van der Waals surface area contributed by atoms with Crippen molar-refractivity contribution in [1.29, 1.82) is 0 Å². The first-order chi connectivity index (χ1) is 19.5. The SMILES string of the molecule is Cc1nc2ccccc2c(=O)n1NC(=O)c1ccc(N2C(=O)C(=Cc3ccccn3)N=C2c2ccccc2)cc1. The van der Waals surface area contributed by atoms with Gasteiger partial charge in [0.15, 0.2) is 0 Å². The number of carbonyl (C=O) groups is 2. The Labute approximate surface area is 228 Å². The second kappa shape index (κ2) is 10.2. The van der Waals surface area contributed by atoms with Crippen LogP contribution in [0.4, 0.5) is 5.69 Å². The Morgan fingerprint density at radius 2 is 1.57 bits per heavy atom. The van der Waals surface area contributed by atoms with Crippen molar-refractivity contribution in [2.24, 2.45) is 4.99 Å². The summed E-state index contributed by atoms with van der Waals surface area (Å²) in [5.74, 6) is 0.0158. The molecule has 0 fully saturated rings. The fraction of sp³-hybridized carbons (Fsp3) is 0.0323. The maximum atomic E-state index is 13.5. The van der Waals surface area contributed by atoms with Crippen molar-refractivity contribution in [3.8, 4) is 0 Å². The molecule has 0 aliphatic carbocycles. The molecule has 1 aliphatic rings. The number of carbonyl (C=O) groups excluding carboxylic acids is 2. The number of anilines is 1. The number of nitrogens with one attached hydrogen (secondary N) is 1. The summed E-state index contributed by atoms with van der Waals surface area (Å²) in [5, 5.41) is 0.401. The zero-order valence-electron chi connectivity index (χ0n) is 21.4. The normalized spacial score (nSPS) is 14.0. The molecule has 0 unspecified atom stereocenters. The number of hydrogen-bond acceptors (Lipinski definition) is 6. The van der Waals surface area contributed by atoms with Crippen molar-refractivity contribution in [2.75, 3.05) is 10.3 Å². The molecule has 6 rings (SSSR count). The van der Waals surface area contributed by atoms with E-state index < -0.39 is 5.91 Å². The number of rotatable bonds is 5. The van der Waals surface area contributed by atoms with Crippen LogP contribution in [0.1, 0.15) is 27.4 Å². The second-order valence-corrected chi connectivity index (χ2v) is 9.03. The Hall–Kier alpha value is -5.70. The van der Waals surface area contributed by atoms with Crippen molar-refractivity contribution < 1.29 is 9.59 Å². The van der Waals surface area contributed by atoms with E-state index in [0.717, 1.165) is 10.2 Å². The van der Waals surface area contributed by atoms with Crippen molar-refractivity contribution in [2.45, 2.75) is 6.92 Å². The third-order valence-corrected chi connectivity index (χ3v) is 6.41. The average Bonchev–Trinajstić information content (AvgIpc) is 3.31. The van der Waals surface area contributed by atoms with Crippen LogP contribution in [0.15, 0.2) is 119 Å². The van der Waals surface area contributed by atoms with E-state index in [2.05, 4.69) is 20.4 Å². The van der Waals surface area contributed by atoms with Gasteiger partial charge in [-0.15, -0.1) is 0 Å². The number of fused-ring (bicyclic) bond motifs is 1. The number of para-hydroxylation sites is 1. The van der Waals surface area contributed by atoms with Crippen LogP contribution in [-0.2, 0) is 4.79 Å². The van der Waals surface area contributed by atoms with Gasteiger partial charge in [0.05, 0.1) is 22.3 Å². The maximum Gasteiger partial charge on any atom is 0.282 e. The molecule has 0 atom stereocenters. The zero-order valence-corrected chi connectivity index (χ0v) is 21.4. The second-order valence-electron chi connectivity index (χ2n) is 9.03. The molecule has 5 aromatic rings. The standard InChI is InChI=1S/C31H22N6O3/c1-20-33-26-13-6-5-12-25(26)30(39)37(20)35-29(38)22-14-16-24(17-15-22)36-28(21-9-3-2-4-10-21)34-27(31(36)40)19-23-11-7-8-18-32-23/h2-19H,1H3,(H,35,38). The summed E-state index contributed by atoms with van der Waals surface area (Å²) in [6.45, 7) is 1.65. The van der Waals surface area contributed by atoms with Gasteiger partial charge in [-0.05, 0) is 61.5 Å². The van der Waals surface area contributed by atoms with Crippen molar-refractivity contribution in [1.82, 2.24) is 14.6 Å². The van der Waals surface area contributed by atoms with Gasteiger partial charge >= 0.3 is 0 Å². The molecule has 1 N–H and O–H groups in total. The molecule has 9 heteroatoms. The van der Waals surface area contributed by atoms with Gasteiger partial charge in [-0.1, -0.05) is 48.5 Å². The lowest BCUT2D eigenvalue weighted by Crippen LogP contribution is -2.35. The van der Waals surface area contributed by atoms with E-state index in [-0.39, 0.29) is 17.2 Å². The first-order valence-corrected chi connectivity index (χ1v) is 12.5. The number of nitrogens with zero attached hydrogens (tertiary/aromatic N) is 5. The van der Waals surface area contributed by atoms with E-state index in [1.165, 1.54) is 4.90 Å². The summed E-state index contributed by atoms with van der Waals surface area (Å²) >= 11 is 0. The van der Waals surface area contributed by atoms with E-state index in [4.69, 9.17) is 0 Å². The van der Waals surface area contributed by atoms with Crippen LogP contribution < -0.4 is 15.9 Å². The van der Waals surface area contributed by atoms with Crippen LogP contribution in [0.2, 0.25) is 0 Å². The minimum absolute atomic E-state index is 0.248. The molecule has 3 heterocycles. The zero-order chi connectivity index (χ0) is 27.6. The lowest BCUT2D eigenvalue weighted by atomic mass is 10.1. The summed E-state index contributed by atoms with van der Waals surface area (Å²) in [6, 6.07) is 28.3. The van der Waals surface area contributed by atoms with Crippen LogP contribution in [0.25, 0.3) is 17.0 Å². The van der Waals surface area contributed by atoms with Crippen LogP contribution in [0.3, 0.4) is 0 Å². The number of hydrogen-bond donors (Lipinski definition) is 1. The summed E-state index contributed by atoms with van der Waals surface area (Å²) in [7, 11) is 0. The minimum atomic E-state index is -0.491. The van der Waals surface area contributed by atoms with Crippen molar-refractivity contribution >= 4 is 40.3 Å². The number of benzene rings is 3. The number of aromatic nitrogens is 3. The van der Waals surface area contributed by atoms with E-state index in [0.29, 0.717) is 39.5 Å². The summed E-state index contributed by atoms with van der Waals surface area (Å²) in [6.07, 6.45) is 3.30. The molecule has 1 aliphatic heterocycles. The van der Waals surface area contributed by atoms with E-state index in [1.54, 1.807) is 79.9 Å². The minimum Gasteiger partial charge on any atom is -0.267 e. The number of aliphatic imine (C=N–C) groups is 1. The monoisotopic (exact) mass is 526 g/mol. The molecule has 194 valence electrons. The Balaban J connectivity index is 1.31. The molecule has 0 saturated heterocycles. The highest BCUT2D eigenvalue weighted by Gasteiger charge is 2.32. The summed E-state index contributed by atoms with van der Waals surface area (Å²) in [4.78, 5) is 54.4. The molecule has 0 saturated carbocycles. The summed E-state index contributed by atoms with van der Waals surface area (Å²) < 4.78 is 1.14. The lowest BCUT2D eigenvalue weighted by Gasteiger charge is -2.19. The van der Waals surface area contributed by atoms with Crippen LogP contribution in [0.5, 0.6) is 0 Å². The molecule has 3 aromatic carbocycles. The fourth-order valence-electron chi connectivity index (χ4n) is 4.44. The van der Waals surface area contributed by atoms with Gasteiger partial charge in [-0.2, -0.15) is 0 Å². The summed E-state index contributed by atoms with van der Waals surface area (Å²) in [5.41, 5.74) is 5.29. The first kappa shape index (κ1) is 24.6. The Morgan fingerprint density at radius 3 is 2.33 bits per heavy atom. The van der Waals surface area contributed by atoms with E-state index >= 15 is 0 Å². The Morgan fingerprint density at radius 1 is 0.850 bits per heavy atom. The number of aryl methyl sites for hydroxylation is 1. The van der Waals surface area contributed by atoms with Gasteiger partial charge < -0.3 is 0 Å². The van der Waals surface area contributed by atoms with Gasteiger partial charge in [0.1, 0.15) is 17.4 Å².